The number of fused-ring (bicyclic) bond motifs is 1. The highest BCUT2D eigenvalue weighted by Gasteiger charge is 2.28. The van der Waals surface area contributed by atoms with Crippen LogP contribution in [0.25, 0.3) is 22.2 Å². The van der Waals surface area contributed by atoms with Gasteiger partial charge in [0.1, 0.15) is 5.60 Å². The lowest BCUT2D eigenvalue weighted by Crippen LogP contribution is -2.51. The molecule has 1 fully saturated rings. The van der Waals surface area contributed by atoms with Crippen molar-refractivity contribution in [1.29, 1.82) is 0 Å². The molecule has 4 rings (SSSR count). The minimum absolute atomic E-state index is 0.0191. The van der Waals surface area contributed by atoms with Gasteiger partial charge in [0.2, 0.25) is 0 Å². The Morgan fingerprint density at radius 2 is 1.57 bits per heavy atom. The number of aromatic amines is 1. The van der Waals surface area contributed by atoms with Crippen LogP contribution in [-0.4, -0.2) is 63.5 Å². The molecular formula is C23H26N4O3. The molecule has 7 heteroatoms. The molecule has 0 aliphatic carbocycles. The molecule has 30 heavy (non-hydrogen) atoms. The number of carbonyl (C=O) groups excluding carboxylic acids is 2. The van der Waals surface area contributed by atoms with Gasteiger partial charge in [-0.25, -0.2) is 9.78 Å². The van der Waals surface area contributed by atoms with E-state index in [1.165, 1.54) is 0 Å². The van der Waals surface area contributed by atoms with E-state index >= 15 is 0 Å². The van der Waals surface area contributed by atoms with Crippen LogP contribution < -0.4 is 0 Å². The number of nitrogens with zero attached hydrogens (tertiary/aromatic N) is 3. The van der Waals surface area contributed by atoms with Crippen molar-refractivity contribution in [2.45, 2.75) is 26.4 Å². The first-order chi connectivity index (χ1) is 14.3. The summed E-state index contributed by atoms with van der Waals surface area (Å²) < 4.78 is 5.41. The van der Waals surface area contributed by atoms with Crippen LogP contribution in [0.3, 0.4) is 0 Å². The highest BCUT2D eigenvalue weighted by atomic mass is 16.6. The lowest BCUT2D eigenvalue weighted by atomic mass is 10.0. The van der Waals surface area contributed by atoms with E-state index in [2.05, 4.69) is 16.0 Å². The van der Waals surface area contributed by atoms with Crippen molar-refractivity contribution in [3.05, 3.63) is 54.4 Å². The maximum Gasteiger partial charge on any atom is 0.410 e. The van der Waals surface area contributed by atoms with Crippen LogP contribution in [0, 0.1) is 0 Å². The van der Waals surface area contributed by atoms with Gasteiger partial charge in [0.05, 0.1) is 17.4 Å². The maximum atomic E-state index is 12.9. The fourth-order valence-electron chi connectivity index (χ4n) is 3.52. The average molecular weight is 406 g/mol. The van der Waals surface area contributed by atoms with Gasteiger partial charge in [-0.05, 0) is 56.2 Å². The summed E-state index contributed by atoms with van der Waals surface area (Å²) in [7, 11) is 0. The molecule has 2 amide bonds. The molecule has 1 aromatic heterocycles. The Bertz CT molecular complexity index is 1060. The third-order valence-corrected chi connectivity index (χ3v) is 5.10. The summed E-state index contributed by atoms with van der Waals surface area (Å²) >= 11 is 0. The molecule has 0 radical (unpaired) electrons. The minimum Gasteiger partial charge on any atom is -0.444 e. The second-order valence-electron chi connectivity index (χ2n) is 8.47. The normalized spacial score (nSPS) is 14.8. The summed E-state index contributed by atoms with van der Waals surface area (Å²) in [6, 6.07) is 13.7. The van der Waals surface area contributed by atoms with Crippen LogP contribution in [0.5, 0.6) is 0 Å². The smallest absolute Gasteiger partial charge is 0.410 e. The Morgan fingerprint density at radius 3 is 2.23 bits per heavy atom. The first kappa shape index (κ1) is 19.9. The highest BCUT2D eigenvalue weighted by Crippen LogP contribution is 2.24. The SMILES string of the molecule is CC(C)(C)OC(=O)N1CCN(C(=O)c2ccc(-c3ccc4nc[nH]c4c3)cc2)CC1. The molecule has 2 aromatic carbocycles. The predicted octanol–water partition coefficient (Wildman–Crippen LogP) is 3.92. The number of nitrogens with one attached hydrogen (secondary N) is 1. The van der Waals surface area contributed by atoms with Crippen molar-refractivity contribution in [1.82, 2.24) is 19.8 Å². The fourth-order valence-corrected chi connectivity index (χ4v) is 3.52. The van der Waals surface area contributed by atoms with Gasteiger partial charge in [-0.1, -0.05) is 18.2 Å². The summed E-state index contributed by atoms with van der Waals surface area (Å²) in [6.07, 6.45) is 1.35. The number of aromatic nitrogens is 2. The van der Waals surface area contributed by atoms with E-state index in [1.54, 1.807) is 16.1 Å². The van der Waals surface area contributed by atoms with Crippen molar-refractivity contribution < 1.29 is 14.3 Å². The summed E-state index contributed by atoms with van der Waals surface area (Å²) in [5.41, 5.74) is 4.14. The molecular weight excluding hydrogens is 380 g/mol. The number of hydrogen-bond acceptors (Lipinski definition) is 4. The second-order valence-corrected chi connectivity index (χ2v) is 8.47. The molecule has 0 bridgehead atoms. The van der Waals surface area contributed by atoms with Gasteiger partial charge in [0.15, 0.2) is 0 Å². The molecule has 0 spiro atoms. The number of ether oxygens (including phenoxy) is 1. The van der Waals surface area contributed by atoms with Crippen molar-refractivity contribution in [2.75, 3.05) is 26.2 Å². The first-order valence-corrected chi connectivity index (χ1v) is 10.1. The van der Waals surface area contributed by atoms with Gasteiger partial charge in [-0.3, -0.25) is 4.79 Å². The molecule has 2 heterocycles. The van der Waals surface area contributed by atoms with Gasteiger partial charge in [-0.2, -0.15) is 0 Å². The molecule has 7 nitrogen and oxygen atoms in total. The van der Waals surface area contributed by atoms with E-state index in [9.17, 15) is 9.59 Å². The van der Waals surface area contributed by atoms with Crippen LogP contribution in [0.1, 0.15) is 31.1 Å². The van der Waals surface area contributed by atoms with E-state index in [1.807, 2.05) is 57.2 Å². The van der Waals surface area contributed by atoms with E-state index in [-0.39, 0.29) is 12.0 Å². The molecule has 156 valence electrons. The highest BCUT2D eigenvalue weighted by molar-refractivity contribution is 5.95. The molecule has 1 N–H and O–H groups in total. The van der Waals surface area contributed by atoms with Gasteiger partial charge >= 0.3 is 6.09 Å². The first-order valence-electron chi connectivity index (χ1n) is 10.1. The quantitative estimate of drug-likeness (QED) is 0.700. The van der Waals surface area contributed by atoms with Gasteiger partial charge in [0.25, 0.3) is 5.91 Å². The number of amides is 2. The predicted molar refractivity (Wildman–Crippen MR) is 115 cm³/mol. The minimum atomic E-state index is -0.520. The molecule has 1 saturated heterocycles. The van der Waals surface area contributed by atoms with Crippen LogP contribution >= 0.6 is 0 Å². The summed E-state index contributed by atoms with van der Waals surface area (Å²) in [5.74, 6) is -0.0191. The third kappa shape index (κ3) is 4.30. The van der Waals surface area contributed by atoms with Crippen molar-refractivity contribution in [3.63, 3.8) is 0 Å². The molecule has 0 unspecified atom stereocenters. The Hall–Kier alpha value is -3.35. The molecule has 0 saturated carbocycles. The van der Waals surface area contributed by atoms with Crippen LogP contribution in [0.2, 0.25) is 0 Å². The Morgan fingerprint density at radius 1 is 0.933 bits per heavy atom. The maximum absolute atomic E-state index is 12.9. The van der Waals surface area contributed by atoms with Gasteiger partial charge in [0, 0.05) is 31.7 Å². The van der Waals surface area contributed by atoms with E-state index < -0.39 is 5.60 Å². The number of benzene rings is 2. The van der Waals surface area contributed by atoms with Crippen LogP contribution in [-0.2, 0) is 4.74 Å². The van der Waals surface area contributed by atoms with Crippen molar-refractivity contribution in [2.24, 2.45) is 0 Å². The monoisotopic (exact) mass is 406 g/mol. The van der Waals surface area contributed by atoms with Gasteiger partial charge < -0.3 is 19.5 Å². The standard InChI is InChI=1S/C23H26N4O3/c1-23(2,3)30-22(29)27-12-10-26(11-13-27)21(28)17-6-4-16(5-7-17)18-8-9-19-20(14-18)25-15-24-19/h4-9,14-15H,10-13H2,1-3H3,(H,24,25). The summed E-state index contributed by atoms with van der Waals surface area (Å²) in [5, 5.41) is 0. The van der Waals surface area contributed by atoms with Gasteiger partial charge in [-0.15, -0.1) is 0 Å². The average Bonchev–Trinajstić information content (AvgIpc) is 3.20. The van der Waals surface area contributed by atoms with Crippen LogP contribution in [0.15, 0.2) is 48.8 Å². The zero-order valence-corrected chi connectivity index (χ0v) is 17.5. The Balaban J connectivity index is 1.39. The van der Waals surface area contributed by atoms with E-state index in [4.69, 9.17) is 4.74 Å². The zero-order valence-electron chi connectivity index (χ0n) is 17.5. The molecule has 3 aromatic rings. The van der Waals surface area contributed by atoms with E-state index in [0.29, 0.717) is 31.7 Å². The summed E-state index contributed by atoms with van der Waals surface area (Å²) in [4.78, 5) is 35.9. The fraction of sp³-hybridized carbons (Fsp3) is 0.348. The molecule has 0 atom stereocenters. The second kappa shape index (κ2) is 7.82. The summed E-state index contributed by atoms with van der Waals surface area (Å²) in [6.45, 7) is 7.49. The lowest BCUT2D eigenvalue weighted by molar-refractivity contribution is 0.0141. The zero-order chi connectivity index (χ0) is 21.3. The topological polar surface area (TPSA) is 78.5 Å². The van der Waals surface area contributed by atoms with Crippen molar-refractivity contribution in [3.8, 4) is 11.1 Å². The third-order valence-electron chi connectivity index (χ3n) is 5.10. The van der Waals surface area contributed by atoms with Crippen LogP contribution in [0.4, 0.5) is 4.79 Å². The molecule has 1 aliphatic rings. The Labute approximate surface area is 175 Å². The number of H-pyrrole nitrogens is 1. The van der Waals surface area contributed by atoms with E-state index in [0.717, 1.165) is 22.2 Å². The number of rotatable bonds is 2. The number of imidazole rings is 1. The number of carbonyl (C=O) groups is 2. The van der Waals surface area contributed by atoms with Crippen molar-refractivity contribution >= 4 is 23.0 Å². The number of piperazine rings is 1. The molecule has 1 aliphatic heterocycles. The Kier molecular flexibility index (Phi) is 5.20. The lowest BCUT2D eigenvalue weighted by Gasteiger charge is -2.35. The largest absolute Gasteiger partial charge is 0.444 e. The number of hydrogen-bond donors (Lipinski definition) is 1.